The number of methoxy groups -OCH3 is 1. The quantitative estimate of drug-likeness (QED) is 0.642. The summed E-state index contributed by atoms with van der Waals surface area (Å²) in [4.78, 5) is 12.3. The Hall–Kier alpha value is -2.80. The van der Waals surface area contributed by atoms with Crippen LogP contribution in [0.2, 0.25) is 0 Å². The standard InChI is InChI=1S/C19H19N3O3S/c1-13(17(23)20-12-15-10-6-7-11-16(15)24-2)26-19-22-21-18(25-19)14-8-4-3-5-9-14/h3-11,13H,12H2,1-2H3,(H,20,23)/t13-/m1/s1. The maximum atomic E-state index is 12.3. The summed E-state index contributed by atoms with van der Waals surface area (Å²) in [6.07, 6.45) is 0. The molecule has 7 heteroatoms. The van der Waals surface area contributed by atoms with E-state index in [1.807, 2.05) is 54.6 Å². The van der Waals surface area contributed by atoms with Gasteiger partial charge in [0.25, 0.3) is 5.22 Å². The van der Waals surface area contributed by atoms with Crippen molar-refractivity contribution >= 4 is 17.7 Å². The zero-order valence-electron chi connectivity index (χ0n) is 14.5. The second-order valence-electron chi connectivity index (χ2n) is 5.53. The smallest absolute Gasteiger partial charge is 0.277 e. The first-order chi connectivity index (χ1) is 12.7. The predicted molar refractivity (Wildman–Crippen MR) is 99.9 cm³/mol. The summed E-state index contributed by atoms with van der Waals surface area (Å²) in [5.74, 6) is 1.08. The predicted octanol–water partition coefficient (Wildman–Crippen LogP) is 3.54. The molecule has 0 saturated carbocycles. The Morgan fingerprint density at radius 2 is 1.88 bits per heavy atom. The van der Waals surface area contributed by atoms with Gasteiger partial charge < -0.3 is 14.5 Å². The molecule has 0 radical (unpaired) electrons. The lowest BCUT2D eigenvalue weighted by molar-refractivity contribution is -0.120. The molecule has 26 heavy (non-hydrogen) atoms. The molecule has 1 atom stereocenters. The van der Waals surface area contributed by atoms with Crippen LogP contribution >= 0.6 is 11.8 Å². The minimum absolute atomic E-state index is 0.111. The number of carbonyl (C=O) groups is 1. The summed E-state index contributed by atoms with van der Waals surface area (Å²) in [6, 6.07) is 17.1. The second-order valence-corrected chi connectivity index (χ2v) is 6.82. The average Bonchev–Trinajstić information content (AvgIpc) is 3.15. The van der Waals surface area contributed by atoms with E-state index in [1.165, 1.54) is 11.8 Å². The number of nitrogens with one attached hydrogen (secondary N) is 1. The minimum Gasteiger partial charge on any atom is -0.496 e. The summed E-state index contributed by atoms with van der Waals surface area (Å²) in [5.41, 5.74) is 1.77. The highest BCUT2D eigenvalue weighted by Crippen LogP contribution is 2.26. The molecule has 0 fully saturated rings. The van der Waals surface area contributed by atoms with Gasteiger partial charge in [-0.2, -0.15) is 0 Å². The van der Waals surface area contributed by atoms with Crippen LogP contribution in [0.3, 0.4) is 0 Å². The average molecular weight is 369 g/mol. The minimum atomic E-state index is -0.367. The highest BCUT2D eigenvalue weighted by atomic mass is 32.2. The molecule has 0 saturated heterocycles. The molecule has 1 amide bonds. The molecule has 0 aliphatic heterocycles. The van der Waals surface area contributed by atoms with Crippen LogP contribution in [-0.2, 0) is 11.3 Å². The molecule has 0 spiro atoms. The van der Waals surface area contributed by atoms with Crippen LogP contribution in [0.4, 0.5) is 0 Å². The number of hydrogen-bond acceptors (Lipinski definition) is 6. The Morgan fingerprint density at radius 1 is 1.15 bits per heavy atom. The molecule has 3 rings (SSSR count). The molecule has 1 heterocycles. The zero-order chi connectivity index (χ0) is 18.4. The first-order valence-corrected chi connectivity index (χ1v) is 9.00. The Labute approximate surface area is 156 Å². The van der Waals surface area contributed by atoms with Crippen LogP contribution in [0.15, 0.2) is 64.2 Å². The van der Waals surface area contributed by atoms with Gasteiger partial charge in [0, 0.05) is 17.7 Å². The number of para-hydroxylation sites is 1. The van der Waals surface area contributed by atoms with Crippen molar-refractivity contribution in [2.45, 2.75) is 23.9 Å². The van der Waals surface area contributed by atoms with E-state index in [2.05, 4.69) is 15.5 Å². The third-order valence-corrected chi connectivity index (χ3v) is 4.65. The van der Waals surface area contributed by atoms with E-state index < -0.39 is 0 Å². The molecular weight excluding hydrogens is 350 g/mol. The maximum Gasteiger partial charge on any atom is 0.277 e. The van der Waals surface area contributed by atoms with E-state index in [9.17, 15) is 4.79 Å². The van der Waals surface area contributed by atoms with Crippen molar-refractivity contribution in [3.8, 4) is 17.2 Å². The fraction of sp³-hybridized carbons (Fsp3) is 0.211. The van der Waals surface area contributed by atoms with Gasteiger partial charge in [-0.1, -0.05) is 48.2 Å². The fourth-order valence-corrected chi connectivity index (χ4v) is 3.04. The molecule has 0 unspecified atom stereocenters. The summed E-state index contributed by atoms with van der Waals surface area (Å²) in [6.45, 7) is 2.20. The molecule has 134 valence electrons. The van der Waals surface area contributed by atoms with E-state index in [-0.39, 0.29) is 11.2 Å². The Morgan fingerprint density at radius 3 is 2.65 bits per heavy atom. The van der Waals surface area contributed by atoms with E-state index in [4.69, 9.17) is 9.15 Å². The van der Waals surface area contributed by atoms with E-state index in [1.54, 1.807) is 14.0 Å². The van der Waals surface area contributed by atoms with Crippen LogP contribution in [0.25, 0.3) is 11.5 Å². The third-order valence-electron chi connectivity index (χ3n) is 3.72. The SMILES string of the molecule is COc1ccccc1CNC(=O)[C@@H](C)Sc1nnc(-c2ccccc2)o1. The molecule has 3 aromatic rings. The number of hydrogen-bond donors (Lipinski definition) is 1. The topological polar surface area (TPSA) is 77.2 Å². The fourth-order valence-electron chi connectivity index (χ4n) is 2.33. The number of aromatic nitrogens is 2. The molecular formula is C19H19N3O3S. The molecule has 2 aromatic carbocycles. The summed E-state index contributed by atoms with van der Waals surface area (Å²) in [5, 5.41) is 10.9. The van der Waals surface area contributed by atoms with E-state index in [0.717, 1.165) is 16.9 Å². The largest absolute Gasteiger partial charge is 0.496 e. The summed E-state index contributed by atoms with van der Waals surface area (Å²) >= 11 is 1.23. The molecule has 6 nitrogen and oxygen atoms in total. The number of thioether (sulfide) groups is 1. The van der Waals surface area contributed by atoms with Gasteiger partial charge in [-0.15, -0.1) is 10.2 Å². The van der Waals surface area contributed by atoms with Gasteiger partial charge >= 0.3 is 0 Å². The van der Waals surface area contributed by atoms with Crippen molar-refractivity contribution in [3.05, 3.63) is 60.2 Å². The zero-order valence-corrected chi connectivity index (χ0v) is 15.3. The van der Waals surface area contributed by atoms with Gasteiger partial charge in [-0.3, -0.25) is 4.79 Å². The second kappa shape index (κ2) is 8.53. The third kappa shape index (κ3) is 4.43. The van der Waals surface area contributed by atoms with Gasteiger partial charge in [0.05, 0.1) is 12.4 Å². The summed E-state index contributed by atoms with van der Waals surface area (Å²) in [7, 11) is 1.61. The maximum absolute atomic E-state index is 12.3. The van der Waals surface area contributed by atoms with Crippen molar-refractivity contribution < 1.29 is 13.9 Å². The lowest BCUT2D eigenvalue weighted by Gasteiger charge is -2.12. The van der Waals surface area contributed by atoms with Crippen molar-refractivity contribution in [2.75, 3.05) is 7.11 Å². The lowest BCUT2D eigenvalue weighted by Crippen LogP contribution is -2.30. The number of carbonyl (C=O) groups excluding carboxylic acids is 1. The number of ether oxygens (including phenoxy) is 1. The van der Waals surface area contributed by atoms with E-state index >= 15 is 0 Å². The Kier molecular flexibility index (Phi) is 5.91. The number of amides is 1. The first kappa shape index (κ1) is 18.0. The molecule has 0 aliphatic carbocycles. The van der Waals surface area contributed by atoms with Crippen molar-refractivity contribution in [1.29, 1.82) is 0 Å². The van der Waals surface area contributed by atoms with E-state index in [0.29, 0.717) is 17.7 Å². The number of nitrogens with zero attached hydrogens (tertiary/aromatic N) is 2. The van der Waals surface area contributed by atoms with Gasteiger partial charge in [-0.25, -0.2) is 0 Å². The van der Waals surface area contributed by atoms with Crippen LogP contribution in [0, 0.1) is 0 Å². The van der Waals surface area contributed by atoms with Gasteiger partial charge in [0.1, 0.15) is 5.75 Å². The van der Waals surface area contributed by atoms with Crippen molar-refractivity contribution in [3.63, 3.8) is 0 Å². The van der Waals surface area contributed by atoms with Crippen LogP contribution < -0.4 is 10.1 Å². The van der Waals surface area contributed by atoms with Crippen LogP contribution in [0.1, 0.15) is 12.5 Å². The first-order valence-electron chi connectivity index (χ1n) is 8.12. The van der Waals surface area contributed by atoms with Gasteiger partial charge in [0.15, 0.2) is 0 Å². The molecule has 1 aromatic heterocycles. The molecule has 0 bridgehead atoms. The number of benzene rings is 2. The monoisotopic (exact) mass is 369 g/mol. The molecule has 0 aliphatic rings. The van der Waals surface area contributed by atoms with Crippen molar-refractivity contribution in [1.82, 2.24) is 15.5 Å². The normalized spacial score (nSPS) is 11.8. The highest BCUT2D eigenvalue weighted by molar-refractivity contribution is 8.00. The van der Waals surface area contributed by atoms with Gasteiger partial charge in [-0.05, 0) is 25.1 Å². The highest BCUT2D eigenvalue weighted by Gasteiger charge is 2.19. The van der Waals surface area contributed by atoms with Crippen LogP contribution in [-0.4, -0.2) is 28.5 Å². The van der Waals surface area contributed by atoms with Crippen LogP contribution in [0.5, 0.6) is 5.75 Å². The lowest BCUT2D eigenvalue weighted by atomic mass is 10.2. The summed E-state index contributed by atoms with van der Waals surface area (Å²) < 4.78 is 10.9. The Balaban J connectivity index is 1.57. The van der Waals surface area contributed by atoms with Crippen molar-refractivity contribution in [2.24, 2.45) is 0 Å². The van der Waals surface area contributed by atoms with Gasteiger partial charge in [0.2, 0.25) is 11.8 Å². The Bertz CT molecular complexity index is 867. The number of rotatable bonds is 7. The molecule has 1 N–H and O–H groups in total.